The fourth-order valence-electron chi connectivity index (χ4n) is 0.952. The summed E-state index contributed by atoms with van der Waals surface area (Å²) < 4.78 is 77.3. The maximum Gasteiger partial charge on any atom is 0.428 e. The van der Waals surface area contributed by atoms with Gasteiger partial charge in [0.05, 0.1) is 0 Å². The third-order valence-electron chi connectivity index (χ3n) is 1.79. The van der Waals surface area contributed by atoms with Crippen LogP contribution in [-0.2, 0) is 9.57 Å². The van der Waals surface area contributed by atoms with Crippen LogP contribution in [0.1, 0.15) is 6.92 Å². The van der Waals surface area contributed by atoms with Gasteiger partial charge in [0.25, 0.3) is 0 Å². The van der Waals surface area contributed by atoms with Gasteiger partial charge in [0.2, 0.25) is 5.57 Å². The van der Waals surface area contributed by atoms with E-state index >= 15 is 0 Å². The van der Waals surface area contributed by atoms with Crippen LogP contribution in [0.2, 0.25) is 0 Å². The molecule has 0 amide bonds. The lowest BCUT2D eigenvalue weighted by Gasteiger charge is -2.15. The zero-order valence-corrected chi connectivity index (χ0v) is 8.11. The average molecular weight is 251 g/mol. The Morgan fingerprint density at radius 2 is 1.56 bits per heavy atom. The van der Waals surface area contributed by atoms with Crippen molar-refractivity contribution in [1.29, 1.82) is 0 Å². The normalized spacial score (nSPS) is 23.0. The minimum atomic E-state index is -5.58. The molecule has 1 heterocycles. The molecule has 0 bridgehead atoms. The van der Waals surface area contributed by atoms with Crippen molar-refractivity contribution in [3.05, 3.63) is 11.5 Å². The van der Waals surface area contributed by atoms with Gasteiger partial charge in [-0.1, -0.05) is 0 Å². The molecule has 0 aliphatic carbocycles. The lowest BCUT2D eigenvalue weighted by atomic mass is 10.2. The van der Waals surface area contributed by atoms with Crippen molar-refractivity contribution in [2.24, 2.45) is 0 Å². The van der Waals surface area contributed by atoms with Crippen molar-refractivity contribution < 1.29 is 35.9 Å². The molecule has 0 aromatic rings. The molecule has 0 spiro atoms. The maximum absolute atomic E-state index is 12.2. The molecule has 0 saturated carbocycles. The molecule has 0 aromatic heterocycles. The second kappa shape index (κ2) is 3.72. The number of alkyl halides is 6. The Balaban J connectivity index is 3.17. The van der Waals surface area contributed by atoms with E-state index in [2.05, 4.69) is 9.57 Å². The molecule has 16 heavy (non-hydrogen) atoms. The SMILES string of the molecule is CC1OC(=C(C(F)(F)F)C(F)(F)F)ON1C. The molecule has 94 valence electrons. The van der Waals surface area contributed by atoms with Gasteiger partial charge in [-0.25, -0.2) is 0 Å². The monoisotopic (exact) mass is 251 g/mol. The molecule has 3 nitrogen and oxygen atoms in total. The summed E-state index contributed by atoms with van der Waals surface area (Å²) in [5.41, 5.74) is -2.78. The Morgan fingerprint density at radius 1 is 1.12 bits per heavy atom. The number of halogens is 6. The first-order chi connectivity index (χ1) is 7.03. The number of allylic oxidation sites excluding steroid dienone is 1. The molecule has 1 aliphatic heterocycles. The van der Waals surface area contributed by atoms with Gasteiger partial charge in [0, 0.05) is 7.05 Å². The third-order valence-corrected chi connectivity index (χ3v) is 1.79. The van der Waals surface area contributed by atoms with Crippen LogP contribution in [0.25, 0.3) is 0 Å². The molecule has 9 heteroatoms. The van der Waals surface area contributed by atoms with Crippen LogP contribution in [0.15, 0.2) is 11.5 Å². The Morgan fingerprint density at radius 3 is 1.81 bits per heavy atom. The summed E-state index contributed by atoms with van der Waals surface area (Å²) in [6.07, 6.45) is -12.2. The number of hydroxylamine groups is 2. The van der Waals surface area contributed by atoms with Crippen molar-refractivity contribution >= 4 is 0 Å². The molecular weight excluding hydrogens is 244 g/mol. The van der Waals surface area contributed by atoms with E-state index in [9.17, 15) is 26.3 Å². The molecule has 1 unspecified atom stereocenters. The first-order valence-electron chi connectivity index (χ1n) is 3.99. The van der Waals surface area contributed by atoms with E-state index < -0.39 is 30.1 Å². The summed E-state index contributed by atoms with van der Waals surface area (Å²) in [7, 11) is 1.15. The molecule has 0 radical (unpaired) electrons. The highest BCUT2D eigenvalue weighted by atomic mass is 19.4. The summed E-state index contributed by atoms with van der Waals surface area (Å²) in [4.78, 5) is 4.24. The molecule has 1 aliphatic rings. The topological polar surface area (TPSA) is 21.7 Å². The van der Waals surface area contributed by atoms with Gasteiger partial charge < -0.3 is 9.57 Å². The molecule has 1 saturated heterocycles. The number of ether oxygens (including phenoxy) is 1. The van der Waals surface area contributed by atoms with Crippen LogP contribution < -0.4 is 0 Å². The fraction of sp³-hybridized carbons (Fsp3) is 0.714. The number of rotatable bonds is 0. The Bertz CT molecular complexity index is 279. The van der Waals surface area contributed by atoms with Crippen LogP contribution in [-0.4, -0.2) is 30.7 Å². The van der Waals surface area contributed by atoms with Gasteiger partial charge in [-0.05, 0) is 6.92 Å². The number of hydrogen-bond acceptors (Lipinski definition) is 3. The van der Waals surface area contributed by atoms with E-state index in [0.717, 1.165) is 12.1 Å². The van der Waals surface area contributed by atoms with E-state index in [0.29, 0.717) is 0 Å². The van der Waals surface area contributed by atoms with Gasteiger partial charge in [0.15, 0.2) is 6.23 Å². The van der Waals surface area contributed by atoms with Crippen LogP contribution in [0.5, 0.6) is 0 Å². The lowest BCUT2D eigenvalue weighted by molar-refractivity contribution is -0.183. The Hall–Kier alpha value is -1.12. The van der Waals surface area contributed by atoms with Crippen molar-refractivity contribution in [1.82, 2.24) is 5.06 Å². The van der Waals surface area contributed by atoms with Gasteiger partial charge in [-0.15, -0.1) is 5.06 Å². The van der Waals surface area contributed by atoms with Gasteiger partial charge in [-0.2, -0.15) is 26.3 Å². The molecular formula is C7H7F6NO2. The molecule has 1 rings (SSSR count). The predicted molar refractivity (Wildman–Crippen MR) is 38.5 cm³/mol. The zero-order valence-electron chi connectivity index (χ0n) is 8.11. The molecule has 0 N–H and O–H groups in total. The summed E-state index contributed by atoms with van der Waals surface area (Å²) in [6, 6.07) is 0. The first kappa shape index (κ1) is 12.9. The molecule has 1 fully saturated rings. The lowest BCUT2D eigenvalue weighted by Crippen LogP contribution is -2.28. The minimum absolute atomic E-state index is 0.743. The van der Waals surface area contributed by atoms with E-state index in [1.165, 1.54) is 6.92 Å². The second-order valence-corrected chi connectivity index (χ2v) is 3.01. The van der Waals surface area contributed by atoms with Gasteiger partial charge in [-0.3, -0.25) is 0 Å². The molecule has 1 atom stereocenters. The summed E-state index contributed by atoms with van der Waals surface area (Å²) >= 11 is 0. The van der Waals surface area contributed by atoms with Crippen LogP contribution in [0, 0.1) is 0 Å². The summed E-state index contributed by atoms with van der Waals surface area (Å²) in [5.74, 6) is -1.57. The summed E-state index contributed by atoms with van der Waals surface area (Å²) in [6.45, 7) is 1.25. The van der Waals surface area contributed by atoms with Crippen LogP contribution >= 0.6 is 0 Å². The van der Waals surface area contributed by atoms with E-state index in [1.807, 2.05) is 0 Å². The third kappa shape index (κ3) is 2.52. The first-order valence-corrected chi connectivity index (χ1v) is 3.99. The van der Waals surface area contributed by atoms with Gasteiger partial charge in [0.1, 0.15) is 0 Å². The van der Waals surface area contributed by atoms with E-state index in [1.54, 1.807) is 0 Å². The van der Waals surface area contributed by atoms with Gasteiger partial charge >= 0.3 is 18.3 Å². The predicted octanol–water partition coefficient (Wildman–Crippen LogP) is 2.56. The Labute approximate surface area is 86.2 Å². The standard InChI is InChI=1S/C7H7F6NO2/c1-3-14(2)16-5(15-3)4(6(8,9)10)7(11,12)13/h3H,1-2H3. The van der Waals surface area contributed by atoms with Crippen LogP contribution in [0.4, 0.5) is 26.3 Å². The average Bonchev–Trinajstić information content (AvgIpc) is 2.24. The highest BCUT2D eigenvalue weighted by molar-refractivity contribution is 5.17. The van der Waals surface area contributed by atoms with Crippen LogP contribution in [0.3, 0.4) is 0 Å². The van der Waals surface area contributed by atoms with Crippen molar-refractivity contribution in [2.45, 2.75) is 25.5 Å². The molecule has 0 aromatic carbocycles. The second-order valence-electron chi connectivity index (χ2n) is 3.01. The van der Waals surface area contributed by atoms with E-state index in [4.69, 9.17) is 0 Å². The number of nitrogens with zero attached hydrogens (tertiary/aromatic N) is 1. The zero-order chi connectivity index (χ0) is 12.7. The fourth-order valence-corrected chi connectivity index (χ4v) is 0.952. The van der Waals surface area contributed by atoms with E-state index in [-0.39, 0.29) is 0 Å². The van der Waals surface area contributed by atoms with Crippen molar-refractivity contribution in [3.8, 4) is 0 Å². The largest absolute Gasteiger partial charge is 0.442 e. The Kier molecular flexibility index (Phi) is 3.01. The smallest absolute Gasteiger partial charge is 0.428 e. The summed E-state index contributed by atoms with van der Waals surface area (Å²) in [5, 5.41) is 0.743. The minimum Gasteiger partial charge on any atom is -0.442 e. The highest BCUT2D eigenvalue weighted by Crippen LogP contribution is 2.42. The van der Waals surface area contributed by atoms with Crippen molar-refractivity contribution in [2.75, 3.05) is 7.05 Å². The number of hydrogen-bond donors (Lipinski definition) is 0. The maximum atomic E-state index is 12.2. The quantitative estimate of drug-likeness (QED) is 0.617. The van der Waals surface area contributed by atoms with Crippen molar-refractivity contribution in [3.63, 3.8) is 0 Å². The highest BCUT2D eigenvalue weighted by Gasteiger charge is 2.57.